The van der Waals surface area contributed by atoms with Crippen molar-refractivity contribution >= 4 is 11.8 Å². The van der Waals surface area contributed by atoms with Crippen LogP contribution in [-0.4, -0.2) is 51.3 Å². The highest BCUT2D eigenvalue weighted by atomic mass is 16.5. The molecule has 0 aromatic heterocycles. The van der Waals surface area contributed by atoms with Crippen molar-refractivity contribution in [3.05, 3.63) is 24.3 Å². The van der Waals surface area contributed by atoms with Crippen LogP contribution < -0.4 is 10.6 Å². The standard InChI is InChI=1S/C22H40N2O4/c1-8-22(9-2,15-27-12-10-11-23-20(25)17(3)4)16-28-14-19(7)13-24-21(26)18(5)6/h19H,3,5,8-16H2,1-2,4,6-7H3,(H,23,25)(H,24,26). The molecule has 6 heteroatoms. The van der Waals surface area contributed by atoms with Gasteiger partial charge in [-0.15, -0.1) is 0 Å². The number of nitrogens with one attached hydrogen (secondary N) is 2. The van der Waals surface area contributed by atoms with E-state index in [1.165, 1.54) is 0 Å². The van der Waals surface area contributed by atoms with Crippen molar-refractivity contribution in [3.8, 4) is 0 Å². The minimum Gasteiger partial charge on any atom is -0.381 e. The molecule has 2 N–H and O–H groups in total. The van der Waals surface area contributed by atoms with Crippen LogP contribution in [0.4, 0.5) is 0 Å². The summed E-state index contributed by atoms with van der Waals surface area (Å²) in [5.74, 6) is 0.00198. The molecule has 0 saturated heterocycles. The highest BCUT2D eigenvalue weighted by Crippen LogP contribution is 2.27. The average molecular weight is 397 g/mol. The number of amides is 2. The molecule has 0 heterocycles. The van der Waals surface area contributed by atoms with E-state index in [1.54, 1.807) is 13.8 Å². The van der Waals surface area contributed by atoms with Crippen LogP contribution in [0.15, 0.2) is 24.3 Å². The van der Waals surface area contributed by atoms with Gasteiger partial charge in [-0.05, 0) is 39.0 Å². The van der Waals surface area contributed by atoms with E-state index in [-0.39, 0.29) is 23.1 Å². The molecule has 0 spiro atoms. The first-order valence-corrected chi connectivity index (χ1v) is 10.2. The molecule has 0 fully saturated rings. The lowest BCUT2D eigenvalue weighted by atomic mass is 9.84. The number of carbonyl (C=O) groups is 2. The maximum atomic E-state index is 11.5. The average Bonchev–Trinajstić information content (AvgIpc) is 2.66. The van der Waals surface area contributed by atoms with Gasteiger partial charge in [0.2, 0.25) is 11.8 Å². The second-order valence-electron chi connectivity index (χ2n) is 7.76. The largest absolute Gasteiger partial charge is 0.381 e. The van der Waals surface area contributed by atoms with Gasteiger partial charge in [-0.3, -0.25) is 9.59 Å². The van der Waals surface area contributed by atoms with Gasteiger partial charge in [0, 0.05) is 36.3 Å². The summed E-state index contributed by atoms with van der Waals surface area (Å²) < 4.78 is 11.8. The van der Waals surface area contributed by atoms with Crippen LogP contribution in [0.1, 0.15) is 53.9 Å². The number of ether oxygens (including phenoxy) is 2. The van der Waals surface area contributed by atoms with Crippen LogP contribution in [-0.2, 0) is 19.1 Å². The van der Waals surface area contributed by atoms with Crippen molar-refractivity contribution < 1.29 is 19.1 Å². The predicted octanol–water partition coefficient (Wildman–Crippen LogP) is 3.24. The summed E-state index contributed by atoms with van der Waals surface area (Å²) in [7, 11) is 0. The Labute approximate surface area is 171 Å². The van der Waals surface area contributed by atoms with Gasteiger partial charge >= 0.3 is 0 Å². The second kappa shape index (κ2) is 14.4. The fourth-order valence-electron chi connectivity index (χ4n) is 2.47. The molecule has 0 aromatic carbocycles. The van der Waals surface area contributed by atoms with Crippen LogP contribution in [0.3, 0.4) is 0 Å². The Morgan fingerprint density at radius 1 is 0.964 bits per heavy atom. The predicted molar refractivity (Wildman–Crippen MR) is 114 cm³/mol. The molecule has 0 saturated carbocycles. The van der Waals surface area contributed by atoms with Crippen LogP contribution in [0.25, 0.3) is 0 Å². The normalized spacial score (nSPS) is 12.3. The highest BCUT2D eigenvalue weighted by Gasteiger charge is 2.27. The zero-order chi connectivity index (χ0) is 21.6. The maximum absolute atomic E-state index is 11.5. The lowest BCUT2D eigenvalue weighted by Gasteiger charge is -2.31. The van der Waals surface area contributed by atoms with Crippen LogP contribution in [0, 0.1) is 11.3 Å². The van der Waals surface area contributed by atoms with E-state index < -0.39 is 0 Å². The van der Waals surface area contributed by atoms with Gasteiger partial charge in [0.1, 0.15) is 0 Å². The van der Waals surface area contributed by atoms with E-state index in [1.807, 2.05) is 6.92 Å². The summed E-state index contributed by atoms with van der Waals surface area (Å²) in [6, 6.07) is 0. The smallest absolute Gasteiger partial charge is 0.246 e. The van der Waals surface area contributed by atoms with E-state index in [2.05, 4.69) is 37.6 Å². The van der Waals surface area contributed by atoms with E-state index >= 15 is 0 Å². The minimum atomic E-state index is -0.115. The van der Waals surface area contributed by atoms with Crippen molar-refractivity contribution in [2.45, 2.75) is 53.9 Å². The molecule has 1 unspecified atom stereocenters. The van der Waals surface area contributed by atoms with Crippen molar-refractivity contribution in [3.63, 3.8) is 0 Å². The molecule has 162 valence electrons. The summed E-state index contributed by atoms with van der Waals surface area (Å²) in [5.41, 5.74) is 1.02. The van der Waals surface area contributed by atoms with E-state index in [0.717, 1.165) is 19.3 Å². The fourth-order valence-corrected chi connectivity index (χ4v) is 2.47. The molecule has 0 aliphatic carbocycles. The second-order valence-corrected chi connectivity index (χ2v) is 7.76. The molecule has 0 radical (unpaired) electrons. The van der Waals surface area contributed by atoms with Gasteiger partial charge in [-0.25, -0.2) is 0 Å². The van der Waals surface area contributed by atoms with Crippen LogP contribution in [0.2, 0.25) is 0 Å². The third kappa shape index (κ3) is 11.2. The topological polar surface area (TPSA) is 76.7 Å². The van der Waals surface area contributed by atoms with Crippen molar-refractivity contribution in [2.75, 3.05) is 39.5 Å². The summed E-state index contributed by atoms with van der Waals surface area (Å²) in [6.45, 7) is 20.6. The molecule has 0 bridgehead atoms. The molecule has 0 aromatic rings. The zero-order valence-corrected chi connectivity index (χ0v) is 18.5. The summed E-state index contributed by atoms with van der Waals surface area (Å²) in [6.07, 6.45) is 2.70. The van der Waals surface area contributed by atoms with Gasteiger partial charge in [0.05, 0.1) is 19.8 Å². The van der Waals surface area contributed by atoms with E-state index in [0.29, 0.717) is 50.7 Å². The van der Waals surface area contributed by atoms with Crippen molar-refractivity contribution in [1.82, 2.24) is 10.6 Å². The molecule has 2 amide bonds. The Hall–Kier alpha value is -1.66. The molecular formula is C22H40N2O4. The molecule has 0 aliphatic rings. The highest BCUT2D eigenvalue weighted by molar-refractivity contribution is 5.92. The Morgan fingerprint density at radius 2 is 1.50 bits per heavy atom. The Balaban J connectivity index is 4.13. The fraction of sp³-hybridized carbons (Fsp3) is 0.727. The lowest BCUT2D eigenvalue weighted by Crippen LogP contribution is -2.34. The SMILES string of the molecule is C=C(C)C(=O)NCCCOCC(CC)(CC)COCC(C)CNC(=O)C(=C)C. The first-order chi connectivity index (χ1) is 13.2. The molecule has 0 rings (SSSR count). The summed E-state index contributed by atoms with van der Waals surface area (Å²) in [5, 5.41) is 5.65. The van der Waals surface area contributed by atoms with Crippen LogP contribution in [0.5, 0.6) is 0 Å². The van der Waals surface area contributed by atoms with Crippen molar-refractivity contribution in [1.29, 1.82) is 0 Å². The molecule has 1 atom stereocenters. The molecule has 28 heavy (non-hydrogen) atoms. The van der Waals surface area contributed by atoms with Crippen molar-refractivity contribution in [2.24, 2.45) is 11.3 Å². The van der Waals surface area contributed by atoms with Gasteiger partial charge in [0.15, 0.2) is 0 Å². The number of hydrogen-bond acceptors (Lipinski definition) is 4. The molecular weight excluding hydrogens is 356 g/mol. The molecule has 6 nitrogen and oxygen atoms in total. The zero-order valence-electron chi connectivity index (χ0n) is 18.5. The Bertz CT molecular complexity index is 513. The lowest BCUT2D eigenvalue weighted by molar-refractivity contribution is -0.118. The number of hydrogen-bond donors (Lipinski definition) is 2. The van der Waals surface area contributed by atoms with E-state index in [9.17, 15) is 9.59 Å². The first kappa shape index (κ1) is 26.3. The summed E-state index contributed by atoms with van der Waals surface area (Å²) in [4.78, 5) is 23.0. The Morgan fingerprint density at radius 3 is 2.04 bits per heavy atom. The first-order valence-electron chi connectivity index (χ1n) is 10.2. The van der Waals surface area contributed by atoms with Gasteiger partial charge in [-0.2, -0.15) is 0 Å². The third-order valence-electron chi connectivity index (χ3n) is 4.86. The summed E-state index contributed by atoms with van der Waals surface area (Å²) >= 11 is 0. The van der Waals surface area contributed by atoms with Gasteiger partial charge in [-0.1, -0.05) is 33.9 Å². The monoisotopic (exact) mass is 396 g/mol. The number of rotatable bonds is 16. The number of carbonyl (C=O) groups excluding carboxylic acids is 2. The van der Waals surface area contributed by atoms with Crippen LogP contribution >= 0.6 is 0 Å². The molecule has 0 aliphatic heterocycles. The third-order valence-corrected chi connectivity index (χ3v) is 4.86. The van der Waals surface area contributed by atoms with E-state index in [4.69, 9.17) is 9.47 Å². The Kier molecular flexibility index (Phi) is 13.5. The quantitative estimate of drug-likeness (QED) is 0.310. The van der Waals surface area contributed by atoms with Gasteiger partial charge < -0.3 is 20.1 Å². The minimum absolute atomic E-state index is 0.0123. The van der Waals surface area contributed by atoms with Gasteiger partial charge in [0.25, 0.3) is 0 Å². The maximum Gasteiger partial charge on any atom is 0.246 e.